The topological polar surface area (TPSA) is 70.9 Å². The summed E-state index contributed by atoms with van der Waals surface area (Å²) in [6.07, 6.45) is 5.82. The lowest BCUT2D eigenvalue weighted by Crippen LogP contribution is -2.53. The SMILES string of the molecule is C=CCC1(NC(=O)C(C)=N/C(=C(C)/C=C\C=C/C)c2ccc(O)c(C(F)(F)F)c2)CCOCC1. The smallest absolute Gasteiger partial charge is 0.419 e. The first-order valence-electron chi connectivity index (χ1n) is 11.0. The van der Waals surface area contributed by atoms with Gasteiger partial charge in [-0.2, -0.15) is 13.2 Å². The zero-order valence-electron chi connectivity index (χ0n) is 19.7. The highest BCUT2D eigenvalue weighted by molar-refractivity contribution is 6.38. The largest absolute Gasteiger partial charge is 0.507 e. The summed E-state index contributed by atoms with van der Waals surface area (Å²) in [4.78, 5) is 17.5. The summed E-state index contributed by atoms with van der Waals surface area (Å²) >= 11 is 0. The summed E-state index contributed by atoms with van der Waals surface area (Å²) in [7, 11) is 0. The first-order valence-corrected chi connectivity index (χ1v) is 11.0. The van der Waals surface area contributed by atoms with Gasteiger partial charge in [0.15, 0.2) is 0 Å². The number of ether oxygens (including phenoxy) is 1. The molecule has 34 heavy (non-hydrogen) atoms. The van der Waals surface area contributed by atoms with E-state index < -0.39 is 28.9 Å². The van der Waals surface area contributed by atoms with E-state index in [1.54, 1.807) is 37.3 Å². The molecule has 5 nitrogen and oxygen atoms in total. The molecule has 1 aliphatic heterocycles. The predicted octanol–water partition coefficient (Wildman–Crippen LogP) is 5.98. The molecule has 2 N–H and O–H groups in total. The van der Waals surface area contributed by atoms with Gasteiger partial charge >= 0.3 is 6.18 Å². The fourth-order valence-corrected chi connectivity index (χ4v) is 3.65. The summed E-state index contributed by atoms with van der Waals surface area (Å²) in [6, 6.07) is 3.16. The van der Waals surface area contributed by atoms with Gasteiger partial charge in [0, 0.05) is 24.3 Å². The molecule has 1 amide bonds. The zero-order valence-corrected chi connectivity index (χ0v) is 19.7. The highest BCUT2D eigenvalue weighted by Gasteiger charge is 2.35. The Morgan fingerprint density at radius 1 is 1.26 bits per heavy atom. The molecule has 1 aliphatic rings. The van der Waals surface area contributed by atoms with Crippen LogP contribution in [0.15, 0.2) is 65.7 Å². The van der Waals surface area contributed by atoms with Crippen LogP contribution in [0.25, 0.3) is 5.70 Å². The Bertz CT molecular complexity index is 1010. The molecule has 0 spiro atoms. The Morgan fingerprint density at radius 2 is 1.94 bits per heavy atom. The van der Waals surface area contributed by atoms with Crippen molar-refractivity contribution in [3.05, 3.63) is 71.9 Å². The number of nitrogens with one attached hydrogen (secondary N) is 1. The van der Waals surface area contributed by atoms with Crippen molar-refractivity contribution in [2.45, 2.75) is 51.7 Å². The number of rotatable bonds is 8. The normalized spacial score (nSPS) is 17.6. The number of phenolic OH excluding ortho intramolecular Hbond substituents is 1. The number of hydrogen-bond donors (Lipinski definition) is 2. The van der Waals surface area contributed by atoms with Crippen LogP contribution in [-0.2, 0) is 15.7 Å². The standard InChI is InChI=1S/C26H31F3N2O3/c1-5-7-8-9-18(3)23(20-10-11-22(32)21(17-20)26(27,28)29)30-19(4)24(33)31-25(12-6-2)13-15-34-16-14-25/h5-11,17,32H,2,12-16H2,1,3-4H3,(H,31,33)/b7-5-,9-8-,23-18+,30-19?. The van der Waals surface area contributed by atoms with Gasteiger partial charge in [-0.15, -0.1) is 6.58 Å². The van der Waals surface area contributed by atoms with E-state index in [2.05, 4.69) is 16.9 Å². The molecule has 0 radical (unpaired) electrons. The lowest BCUT2D eigenvalue weighted by molar-refractivity contribution is -0.138. The number of halogens is 3. The van der Waals surface area contributed by atoms with E-state index in [0.29, 0.717) is 38.0 Å². The molecule has 1 heterocycles. The quantitative estimate of drug-likeness (QED) is 0.276. The van der Waals surface area contributed by atoms with Crippen LogP contribution in [0.5, 0.6) is 5.75 Å². The molecule has 1 aromatic carbocycles. The van der Waals surface area contributed by atoms with Crippen molar-refractivity contribution >= 4 is 17.3 Å². The highest BCUT2D eigenvalue weighted by Crippen LogP contribution is 2.38. The molecule has 1 saturated heterocycles. The molecule has 0 bridgehead atoms. The van der Waals surface area contributed by atoms with Crippen LogP contribution >= 0.6 is 0 Å². The number of carbonyl (C=O) groups is 1. The number of allylic oxidation sites excluding steroid dienone is 5. The number of benzene rings is 1. The van der Waals surface area contributed by atoms with Crippen molar-refractivity contribution in [3.8, 4) is 5.75 Å². The molecule has 184 valence electrons. The Balaban J connectivity index is 2.50. The maximum atomic E-state index is 13.4. The number of nitrogens with zero attached hydrogens (tertiary/aromatic N) is 1. The first kappa shape index (κ1) is 27.1. The third-order valence-corrected chi connectivity index (χ3v) is 5.57. The Kier molecular flexibility index (Phi) is 9.44. The number of alkyl halides is 3. The summed E-state index contributed by atoms with van der Waals surface area (Å²) < 4.78 is 45.6. The monoisotopic (exact) mass is 476 g/mol. The number of hydrogen-bond acceptors (Lipinski definition) is 4. The van der Waals surface area contributed by atoms with E-state index >= 15 is 0 Å². The van der Waals surface area contributed by atoms with Crippen molar-refractivity contribution in [1.29, 1.82) is 0 Å². The van der Waals surface area contributed by atoms with Crippen LogP contribution in [0, 0.1) is 0 Å². The third kappa shape index (κ3) is 7.18. The van der Waals surface area contributed by atoms with Crippen LogP contribution < -0.4 is 5.32 Å². The van der Waals surface area contributed by atoms with Crippen molar-refractivity contribution in [3.63, 3.8) is 0 Å². The molecule has 2 rings (SSSR count). The minimum atomic E-state index is -4.74. The van der Waals surface area contributed by atoms with Gasteiger partial charge in [0.05, 0.1) is 11.3 Å². The van der Waals surface area contributed by atoms with Gasteiger partial charge in [-0.05, 0) is 63.8 Å². The lowest BCUT2D eigenvalue weighted by Gasteiger charge is -2.37. The van der Waals surface area contributed by atoms with E-state index in [4.69, 9.17) is 4.74 Å². The summed E-state index contributed by atoms with van der Waals surface area (Å²) in [5.41, 5.74) is -0.686. The number of aromatic hydroxyl groups is 1. The Hall–Kier alpha value is -3.13. The van der Waals surface area contributed by atoms with E-state index in [1.807, 2.05) is 6.92 Å². The third-order valence-electron chi connectivity index (χ3n) is 5.57. The predicted molar refractivity (Wildman–Crippen MR) is 129 cm³/mol. The van der Waals surface area contributed by atoms with Gasteiger partial charge in [0.1, 0.15) is 11.5 Å². The van der Waals surface area contributed by atoms with Crippen molar-refractivity contribution in [2.75, 3.05) is 13.2 Å². The summed E-state index contributed by atoms with van der Waals surface area (Å²) in [5.74, 6) is -1.29. The van der Waals surface area contributed by atoms with Gasteiger partial charge in [0.2, 0.25) is 0 Å². The second-order valence-electron chi connectivity index (χ2n) is 8.18. The van der Waals surface area contributed by atoms with Crippen molar-refractivity contribution < 1.29 is 27.8 Å². The highest BCUT2D eigenvalue weighted by atomic mass is 19.4. The van der Waals surface area contributed by atoms with Crippen LogP contribution in [0.1, 0.15) is 51.2 Å². The maximum absolute atomic E-state index is 13.4. The van der Waals surface area contributed by atoms with E-state index in [0.717, 1.165) is 12.1 Å². The molecular weight excluding hydrogens is 445 g/mol. The van der Waals surface area contributed by atoms with Gasteiger partial charge in [-0.25, -0.2) is 4.99 Å². The lowest BCUT2D eigenvalue weighted by atomic mass is 9.86. The number of phenols is 1. The molecule has 0 atom stereocenters. The van der Waals surface area contributed by atoms with Gasteiger partial charge < -0.3 is 15.2 Å². The summed E-state index contributed by atoms with van der Waals surface area (Å²) in [5, 5.41) is 12.8. The Labute approximate surface area is 198 Å². The number of aliphatic imine (C=N–C) groups is 1. The van der Waals surface area contributed by atoms with Crippen LogP contribution in [0.3, 0.4) is 0 Å². The van der Waals surface area contributed by atoms with E-state index in [1.165, 1.54) is 13.0 Å². The van der Waals surface area contributed by atoms with E-state index in [9.17, 15) is 23.1 Å². The average molecular weight is 477 g/mol. The van der Waals surface area contributed by atoms with Crippen molar-refractivity contribution in [1.82, 2.24) is 5.32 Å². The van der Waals surface area contributed by atoms with Gasteiger partial charge in [0.25, 0.3) is 5.91 Å². The van der Waals surface area contributed by atoms with Crippen LogP contribution in [0.2, 0.25) is 0 Å². The Morgan fingerprint density at radius 3 is 2.53 bits per heavy atom. The van der Waals surface area contributed by atoms with Crippen LogP contribution in [-0.4, -0.2) is 35.5 Å². The molecule has 1 fully saturated rings. The van der Waals surface area contributed by atoms with Gasteiger partial charge in [-0.3, -0.25) is 4.79 Å². The molecule has 0 aliphatic carbocycles. The first-order chi connectivity index (χ1) is 16.0. The molecule has 0 aromatic heterocycles. The molecule has 1 aromatic rings. The second kappa shape index (κ2) is 11.8. The van der Waals surface area contributed by atoms with Crippen molar-refractivity contribution in [2.24, 2.45) is 4.99 Å². The van der Waals surface area contributed by atoms with E-state index in [-0.39, 0.29) is 17.0 Å². The number of carbonyl (C=O) groups excluding carboxylic acids is 1. The fourth-order valence-electron chi connectivity index (χ4n) is 3.65. The molecular formula is C26H31F3N2O3. The molecule has 8 heteroatoms. The van der Waals surface area contributed by atoms with Gasteiger partial charge in [-0.1, -0.05) is 30.4 Å². The minimum Gasteiger partial charge on any atom is -0.507 e. The zero-order chi connectivity index (χ0) is 25.4. The summed E-state index contributed by atoms with van der Waals surface area (Å²) in [6.45, 7) is 9.85. The van der Waals surface area contributed by atoms with Crippen LogP contribution in [0.4, 0.5) is 13.2 Å². The molecule has 0 saturated carbocycles. The molecule has 0 unspecified atom stereocenters. The minimum absolute atomic E-state index is 0.102. The fraction of sp³-hybridized carbons (Fsp3) is 0.385. The maximum Gasteiger partial charge on any atom is 0.419 e. The number of amides is 1. The average Bonchev–Trinajstić information content (AvgIpc) is 2.77. The second-order valence-corrected chi connectivity index (χ2v) is 8.18.